The van der Waals surface area contributed by atoms with E-state index in [2.05, 4.69) is 47.6 Å². The van der Waals surface area contributed by atoms with Crippen molar-refractivity contribution in [2.45, 2.75) is 91.4 Å². The third-order valence-electron chi connectivity index (χ3n) is 6.99. The summed E-state index contributed by atoms with van der Waals surface area (Å²) >= 11 is 0. The molecule has 22 heavy (non-hydrogen) atoms. The molecule has 0 heteroatoms. The van der Waals surface area contributed by atoms with Crippen molar-refractivity contribution in [3.05, 3.63) is 33.9 Å². The molecule has 122 valence electrons. The summed E-state index contributed by atoms with van der Waals surface area (Å²) in [5.74, 6) is 2.46. The van der Waals surface area contributed by atoms with E-state index in [0.717, 1.165) is 11.8 Å². The van der Waals surface area contributed by atoms with Gasteiger partial charge in [-0.1, -0.05) is 53.5 Å². The second-order valence-corrected chi connectivity index (χ2v) is 8.54. The van der Waals surface area contributed by atoms with Crippen molar-refractivity contribution < 1.29 is 0 Å². The van der Waals surface area contributed by atoms with Crippen molar-refractivity contribution in [2.24, 2.45) is 11.8 Å². The van der Waals surface area contributed by atoms with Crippen molar-refractivity contribution in [1.82, 2.24) is 0 Å². The maximum absolute atomic E-state index is 2.63. The summed E-state index contributed by atoms with van der Waals surface area (Å²) in [5.41, 5.74) is 8.78. The molecular weight excluding hydrogens is 264 g/mol. The van der Waals surface area contributed by atoms with Crippen LogP contribution < -0.4 is 0 Å². The van der Waals surface area contributed by atoms with E-state index in [4.69, 9.17) is 0 Å². The van der Waals surface area contributed by atoms with E-state index in [1.807, 2.05) is 0 Å². The Kier molecular flexibility index (Phi) is 4.16. The number of aryl methyl sites for hydroxylation is 1. The van der Waals surface area contributed by atoms with E-state index in [1.165, 1.54) is 38.5 Å². The molecule has 0 aliphatic heterocycles. The Morgan fingerprint density at radius 3 is 2.64 bits per heavy atom. The van der Waals surface area contributed by atoms with Gasteiger partial charge in [0, 0.05) is 0 Å². The Morgan fingerprint density at radius 2 is 2.00 bits per heavy atom. The summed E-state index contributed by atoms with van der Waals surface area (Å²) < 4.78 is 0. The van der Waals surface area contributed by atoms with E-state index in [0.29, 0.717) is 11.3 Å². The molecule has 3 unspecified atom stereocenters. The van der Waals surface area contributed by atoms with Crippen LogP contribution in [0.4, 0.5) is 0 Å². The highest BCUT2D eigenvalue weighted by atomic mass is 14.5. The van der Waals surface area contributed by atoms with Crippen LogP contribution in [0, 0.1) is 18.8 Å². The lowest BCUT2D eigenvalue weighted by Gasteiger charge is -2.50. The molecule has 3 atom stereocenters. The summed E-state index contributed by atoms with van der Waals surface area (Å²) in [5, 5.41) is 0. The average Bonchev–Trinajstić information content (AvgIpc) is 2.46. The Hall–Kier alpha value is -0.780. The van der Waals surface area contributed by atoms with Gasteiger partial charge in [-0.25, -0.2) is 0 Å². The van der Waals surface area contributed by atoms with Crippen LogP contribution in [0.2, 0.25) is 0 Å². The summed E-state index contributed by atoms with van der Waals surface area (Å²) in [6, 6.07) is 2.63. The summed E-state index contributed by atoms with van der Waals surface area (Å²) in [6.45, 7) is 14.6. The molecular formula is C22H34. The lowest BCUT2D eigenvalue weighted by molar-refractivity contribution is 0.117. The standard InChI is InChI=1S/C22H34/c1-7-17-13-20-18(16(5)21(17)14(2)3)10-11-19-15(4)9-8-12-22(19,20)6/h13-15,19H,7-12H2,1-6H3. The fourth-order valence-electron chi connectivity index (χ4n) is 5.92. The van der Waals surface area contributed by atoms with Crippen LogP contribution >= 0.6 is 0 Å². The topological polar surface area (TPSA) is 0 Å². The molecule has 0 bridgehead atoms. The third kappa shape index (κ3) is 2.25. The van der Waals surface area contributed by atoms with Crippen LogP contribution in [0.15, 0.2) is 6.07 Å². The zero-order valence-corrected chi connectivity index (χ0v) is 15.6. The lowest BCUT2D eigenvalue weighted by atomic mass is 9.54. The average molecular weight is 299 g/mol. The van der Waals surface area contributed by atoms with E-state index in [9.17, 15) is 0 Å². The molecule has 3 rings (SSSR count). The van der Waals surface area contributed by atoms with Crippen LogP contribution in [-0.2, 0) is 18.3 Å². The summed E-state index contributed by atoms with van der Waals surface area (Å²) in [6.07, 6.45) is 8.17. The van der Waals surface area contributed by atoms with Gasteiger partial charge in [0.2, 0.25) is 0 Å². The molecule has 0 amide bonds. The molecule has 0 radical (unpaired) electrons. The molecule has 1 aromatic carbocycles. The molecule has 0 N–H and O–H groups in total. The SMILES string of the molecule is CCc1cc2c(c(C)c1C(C)C)CCC1C(C)CCCC21C. The first-order valence-electron chi connectivity index (χ1n) is 9.55. The van der Waals surface area contributed by atoms with Gasteiger partial charge >= 0.3 is 0 Å². The van der Waals surface area contributed by atoms with Gasteiger partial charge in [-0.3, -0.25) is 0 Å². The summed E-state index contributed by atoms with van der Waals surface area (Å²) in [7, 11) is 0. The normalized spacial score (nSPS) is 31.0. The maximum atomic E-state index is 2.63. The van der Waals surface area contributed by atoms with E-state index in [-0.39, 0.29) is 0 Å². The van der Waals surface area contributed by atoms with Gasteiger partial charge in [0.25, 0.3) is 0 Å². The van der Waals surface area contributed by atoms with Crippen molar-refractivity contribution in [2.75, 3.05) is 0 Å². The molecule has 2 aliphatic rings. The fourth-order valence-corrected chi connectivity index (χ4v) is 5.92. The zero-order chi connectivity index (χ0) is 16.1. The zero-order valence-electron chi connectivity index (χ0n) is 15.6. The Labute approximate surface area is 137 Å². The van der Waals surface area contributed by atoms with Gasteiger partial charge in [-0.2, -0.15) is 0 Å². The fraction of sp³-hybridized carbons (Fsp3) is 0.727. The first kappa shape index (κ1) is 16.1. The van der Waals surface area contributed by atoms with Gasteiger partial charge in [-0.05, 0) is 83.6 Å². The van der Waals surface area contributed by atoms with Crippen LogP contribution in [0.3, 0.4) is 0 Å². The van der Waals surface area contributed by atoms with Gasteiger partial charge in [0.15, 0.2) is 0 Å². The maximum Gasteiger partial charge on any atom is -0.00415 e. The minimum absolute atomic E-state index is 0.440. The molecule has 0 spiro atoms. The molecule has 1 saturated carbocycles. The van der Waals surface area contributed by atoms with Gasteiger partial charge < -0.3 is 0 Å². The highest BCUT2D eigenvalue weighted by Gasteiger charge is 2.45. The number of hydrogen-bond donors (Lipinski definition) is 0. The molecule has 0 saturated heterocycles. The summed E-state index contributed by atoms with van der Waals surface area (Å²) in [4.78, 5) is 0. The van der Waals surface area contributed by atoms with Crippen LogP contribution in [-0.4, -0.2) is 0 Å². The third-order valence-corrected chi connectivity index (χ3v) is 6.99. The van der Waals surface area contributed by atoms with Crippen molar-refractivity contribution >= 4 is 0 Å². The second-order valence-electron chi connectivity index (χ2n) is 8.54. The Bertz CT molecular complexity index is 566. The minimum Gasteiger partial charge on any atom is -0.0622 e. The Morgan fingerprint density at radius 1 is 1.27 bits per heavy atom. The Balaban J connectivity index is 2.19. The van der Waals surface area contributed by atoms with Gasteiger partial charge in [-0.15, -0.1) is 0 Å². The van der Waals surface area contributed by atoms with Gasteiger partial charge in [0.1, 0.15) is 0 Å². The number of fused-ring (bicyclic) bond motifs is 3. The smallest absolute Gasteiger partial charge is 0.00415 e. The van der Waals surface area contributed by atoms with Crippen LogP contribution in [0.1, 0.15) is 94.0 Å². The van der Waals surface area contributed by atoms with E-state index < -0.39 is 0 Å². The lowest BCUT2D eigenvalue weighted by Crippen LogP contribution is -2.43. The van der Waals surface area contributed by atoms with Crippen molar-refractivity contribution in [1.29, 1.82) is 0 Å². The van der Waals surface area contributed by atoms with Crippen molar-refractivity contribution in [3.63, 3.8) is 0 Å². The molecule has 1 fully saturated rings. The predicted molar refractivity (Wildman–Crippen MR) is 96.8 cm³/mol. The quantitative estimate of drug-likeness (QED) is 0.599. The van der Waals surface area contributed by atoms with Crippen LogP contribution in [0.25, 0.3) is 0 Å². The van der Waals surface area contributed by atoms with E-state index in [1.54, 1.807) is 27.8 Å². The molecule has 0 nitrogen and oxygen atoms in total. The first-order chi connectivity index (χ1) is 10.4. The molecule has 2 aliphatic carbocycles. The first-order valence-corrected chi connectivity index (χ1v) is 9.55. The second kappa shape index (κ2) is 5.69. The van der Waals surface area contributed by atoms with E-state index >= 15 is 0 Å². The number of rotatable bonds is 2. The largest absolute Gasteiger partial charge is 0.0622 e. The molecule has 1 aromatic rings. The molecule has 0 aromatic heterocycles. The molecule has 0 heterocycles. The van der Waals surface area contributed by atoms with Gasteiger partial charge in [0.05, 0.1) is 0 Å². The monoisotopic (exact) mass is 298 g/mol. The highest BCUT2D eigenvalue weighted by Crippen LogP contribution is 2.53. The predicted octanol–water partition coefficient (Wildman–Crippen LogP) is 6.32. The number of benzene rings is 1. The van der Waals surface area contributed by atoms with Crippen LogP contribution in [0.5, 0.6) is 0 Å². The number of hydrogen-bond acceptors (Lipinski definition) is 0. The minimum atomic E-state index is 0.440. The van der Waals surface area contributed by atoms with Crippen molar-refractivity contribution in [3.8, 4) is 0 Å². The highest BCUT2D eigenvalue weighted by molar-refractivity contribution is 5.51.